The molecule has 0 fully saturated rings. The van der Waals surface area contributed by atoms with Gasteiger partial charge in [0.05, 0.1) is 11.4 Å². The molecule has 1 aromatic carbocycles. The Kier molecular flexibility index (Phi) is 2.24. The number of Topliss-reactive ketones (excluding diaryl/α,β-unsaturated/α-hetero) is 1. The van der Waals surface area contributed by atoms with Gasteiger partial charge in [-0.3, -0.25) is 4.79 Å². The molecule has 0 atom stereocenters. The molecule has 2 rings (SSSR count). The second-order valence-corrected chi connectivity index (χ2v) is 3.66. The smallest absolute Gasteiger partial charge is 0.176 e. The lowest BCUT2D eigenvalue weighted by molar-refractivity contribution is 0.100. The van der Waals surface area contributed by atoms with Gasteiger partial charge in [-0.15, -0.1) is 0 Å². The minimum atomic E-state index is -0.0525. The molecule has 0 unspecified atom stereocenters. The summed E-state index contributed by atoms with van der Waals surface area (Å²) in [4.78, 5) is 12.3. The number of ether oxygens (including phenoxy) is 1. The van der Waals surface area contributed by atoms with Crippen molar-refractivity contribution in [3.63, 3.8) is 0 Å². The third-order valence-electron chi connectivity index (χ3n) is 1.88. The molecule has 0 aromatic heterocycles. The van der Waals surface area contributed by atoms with Gasteiger partial charge >= 0.3 is 0 Å². The van der Waals surface area contributed by atoms with Crippen LogP contribution in [0.5, 0.6) is 5.75 Å². The van der Waals surface area contributed by atoms with Crippen LogP contribution in [0, 0.1) is 0 Å². The minimum absolute atomic E-state index is 0.0475. The number of ketones is 1. The number of fused-ring (bicyclic) bond motifs is 1. The summed E-state index contributed by atoms with van der Waals surface area (Å²) in [7, 11) is 0. The number of hydrogen-bond donors (Lipinski definition) is 1. The second-order valence-electron chi connectivity index (χ2n) is 2.70. The monoisotopic (exact) mass is 195 g/mol. The fraction of sp³-hybridized carbons (Fsp3) is 0.222. The van der Waals surface area contributed by atoms with Gasteiger partial charge in [0.25, 0.3) is 0 Å². The van der Waals surface area contributed by atoms with Crippen molar-refractivity contribution < 1.29 is 9.53 Å². The van der Waals surface area contributed by atoms with Gasteiger partial charge in [-0.1, -0.05) is 11.8 Å². The van der Waals surface area contributed by atoms with Crippen LogP contribution in [0.4, 0.5) is 0 Å². The van der Waals surface area contributed by atoms with Crippen LogP contribution in [0.1, 0.15) is 10.4 Å². The average Bonchev–Trinajstić information content (AvgIpc) is 2.63. The van der Waals surface area contributed by atoms with Crippen LogP contribution in [-0.4, -0.2) is 18.3 Å². The van der Waals surface area contributed by atoms with Gasteiger partial charge in [-0.05, 0) is 18.2 Å². The van der Waals surface area contributed by atoms with E-state index in [2.05, 4.69) is 0 Å². The molecule has 0 radical (unpaired) electrons. The van der Waals surface area contributed by atoms with Gasteiger partial charge in [-0.25, -0.2) is 0 Å². The quantitative estimate of drug-likeness (QED) is 0.722. The highest BCUT2D eigenvalue weighted by atomic mass is 32.2. The number of carbonyl (C=O) groups is 1. The largest absolute Gasteiger partial charge is 0.481 e. The number of benzene rings is 1. The Morgan fingerprint density at radius 1 is 1.62 bits per heavy atom. The number of thioether (sulfide) groups is 1. The highest BCUT2D eigenvalue weighted by molar-refractivity contribution is 7.99. The summed E-state index contributed by atoms with van der Waals surface area (Å²) in [6.45, 7) is 0.0475. The standard InChI is InChI=1S/C9H9NO2S/c10-4-7(11)6-1-2-9-8(3-6)12-5-13-9/h1-3H,4-5,10H2. The lowest BCUT2D eigenvalue weighted by Gasteiger charge is -2.00. The molecule has 0 saturated carbocycles. The fourth-order valence-electron chi connectivity index (χ4n) is 1.19. The van der Waals surface area contributed by atoms with Crippen molar-refractivity contribution >= 4 is 17.5 Å². The van der Waals surface area contributed by atoms with Crippen molar-refractivity contribution in [3.05, 3.63) is 23.8 Å². The van der Waals surface area contributed by atoms with Gasteiger partial charge < -0.3 is 10.5 Å². The normalized spacial score (nSPS) is 13.6. The van der Waals surface area contributed by atoms with E-state index in [9.17, 15) is 4.79 Å². The van der Waals surface area contributed by atoms with Crippen LogP contribution in [0.3, 0.4) is 0 Å². The fourth-order valence-corrected chi connectivity index (χ4v) is 1.93. The van der Waals surface area contributed by atoms with E-state index in [4.69, 9.17) is 10.5 Å². The van der Waals surface area contributed by atoms with E-state index < -0.39 is 0 Å². The Bertz CT molecular complexity index is 351. The van der Waals surface area contributed by atoms with Gasteiger partial charge in [0.1, 0.15) is 11.7 Å². The molecule has 13 heavy (non-hydrogen) atoms. The Labute approximate surface area is 80.3 Å². The molecule has 2 N–H and O–H groups in total. The molecule has 3 nitrogen and oxygen atoms in total. The highest BCUT2D eigenvalue weighted by Gasteiger charge is 2.14. The van der Waals surface area contributed by atoms with E-state index in [1.165, 1.54) is 0 Å². The first-order valence-electron chi connectivity index (χ1n) is 3.94. The Hall–Kier alpha value is -1.000. The zero-order valence-electron chi connectivity index (χ0n) is 6.95. The number of carbonyl (C=O) groups excluding carboxylic acids is 1. The third-order valence-corrected chi connectivity index (χ3v) is 2.76. The number of rotatable bonds is 2. The maximum Gasteiger partial charge on any atom is 0.176 e. The molecule has 1 aliphatic heterocycles. The predicted molar refractivity (Wildman–Crippen MR) is 51.2 cm³/mol. The van der Waals surface area contributed by atoms with E-state index in [1.807, 2.05) is 6.07 Å². The first-order chi connectivity index (χ1) is 6.31. The molecule has 4 heteroatoms. The molecule has 1 aliphatic rings. The molecule has 0 spiro atoms. The molecule has 0 saturated heterocycles. The van der Waals surface area contributed by atoms with Gasteiger partial charge in [0.15, 0.2) is 5.78 Å². The van der Waals surface area contributed by atoms with Crippen LogP contribution in [0.2, 0.25) is 0 Å². The lowest BCUT2D eigenvalue weighted by atomic mass is 10.1. The van der Waals surface area contributed by atoms with Crippen molar-refractivity contribution in [1.82, 2.24) is 0 Å². The zero-order chi connectivity index (χ0) is 9.26. The van der Waals surface area contributed by atoms with Crippen LogP contribution in [0.25, 0.3) is 0 Å². The highest BCUT2D eigenvalue weighted by Crippen LogP contribution is 2.36. The van der Waals surface area contributed by atoms with Crippen molar-refractivity contribution in [2.75, 3.05) is 12.5 Å². The molecule has 68 valence electrons. The van der Waals surface area contributed by atoms with Crippen LogP contribution in [0.15, 0.2) is 23.1 Å². The van der Waals surface area contributed by atoms with Crippen molar-refractivity contribution in [3.8, 4) is 5.75 Å². The van der Waals surface area contributed by atoms with Crippen LogP contribution >= 0.6 is 11.8 Å². The van der Waals surface area contributed by atoms with E-state index >= 15 is 0 Å². The summed E-state index contributed by atoms with van der Waals surface area (Å²) in [6, 6.07) is 5.44. The summed E-state index contributed by atoms with van der Waals surface area (Å²) in [5.74, 6) is 1.38. The Balaban J connectivity index is 2.36. The molecule has 0 bridgehead atoms. The number of nitrogens with two attached hydrogens (primary N) is 1. The average molecular weight is 195 g/mol. The van der Waals surface area contributed by atoms with Crippen LogP contribution in [-0.2, 0) is 0 Å². The first kappa shape index (κ1) is 8.59. The summed E-state index contributed by atoms with van der Waals surface area (Å²) < 4.78 is 5.30. The predicted octanol–water partition coefficient (Wildman–Crippen LogP) is 1.27. The minimum Gasteiger partial charge on any atom is -0.481 e. The second kappa shape index (κ2) is 3.40. The lowest BCUT2D eigenvalue weighted by Crippen LogP contribution is -2.13. The van der Waals surface area contributed by atoms with Gasteiger partial charge in [0.2, 0.25) is 0 Å². The van der Waals surface area contributed by atoms with Gasteiger partial charge in [0, 0.05) is 5.56 Å². The summed E-state index contributed by atoms with van der Waals surface area (Å²) in [5, 5.41) is 0. The van der Waals surface area contributed by atoms with E-state index in [0.29, 0.717) is 11.5 Å². The maximum atomic E-state index is 11.2. The van der Waals surface area contributed by atoms with Crippen LogP contribution < -0.4 is 10.5 Å². The molecule has 0 amide bonds. The maximum absolute atomic E-state index is 11.2. The Morgan fingerprint density at radius 3 is 3.23 bits per heavy atom. The van der Waals surface area contributed by atoms with Gasteiger partial charge in [-0.2, -0.15) is 0 Å². The Morgan fingerprint density at radius 2 is 2.46 bits per heavy atom. The molecule has 1 heterocycles. The summed E-state index contributed by atoms with van der Waals surface area (Å²) >= 11 is 1.63. The van der Waals surface area contributed by atoms with Crippen molar-refractivity contribution in [1.29, 1.82) is 0 Å². The van der Waals surface area contributed by atoms with Crippen molar-refractivity contribution in [2.24, 2.45) is 5.73 Å². The van der Waals surface area contributed by atoms with Crippen molar-refractivity contribution in [2.45, 2.75) is 4.90 Å². The zero-order valence-corrected chi connectivity index (χ0v) is 7.76. The summed E-state index contributed by atoms with van der Waals surface area (Å²) in [5.41, 5.74) is 5.88. The summed E-state index contributed by atoms with van der Waals surface area (Å²) in [6.07, 6.45) is 0. The van der Waals surface area contributed by atoms with E-state index in [0.717, 1.165) is 10.6 Å². The third kappa shape index (κ3) is 1.55. The first-order valence-corrected chi connectivity index (χ1v) is 4.93. The molecule has 0 aliphatic carbocycles. The molecular formula is C9H9NO2S. The SMILES string of the molecule is NCC(=O)c1ccc2c(c1)OCS2. The topological polar surface area (TPSA) is 52.3 Å². The molecule has 1 aromatic rings. The molecular weight excluding hydrogens is 186 g/mol. The number of hydrogen-bond acceptors (Lipinski definition) is 4. The van der Waals surface area contributed by atoms with E-state index in [-0.39, 0.29) is 12.3 Å². The van der Waals surface area contributed by atoms with E-state index in [1.54, 1.807) is 23.9 Å².